The number of ether oxygens (including phenoxy) is 2. The summed E-state index contributed by atoms with van der Waals surface area (Å²) in [5, 5.41) is 0. The number of benzene rings is 2. The SMILES string of the molecule is O=C(OC1C2CC(C3CC=CC32)C1OC(=O)c1ccccc1)c1ccccc1. The van der Waals surface area contributed by atoms with Crippen LogP contribution in [0.5, 0.6) is 0 Å². The third kappa shape index (κ3) is 2.84. The Morgan fingerprint density at radius 3 is 1.82 bits per heavy atom. The van der Waals surface area contributed by atoms with Gasteiger partial charge >= 0.3 is 11.9 Å². The van der Waals surface area contributed by atoms with E-state index < -0.39 is 6.10 Å². The van der Waals surface area contributed by atoms with Crippen molar-refractivity contribution in [2.24, 2.45) is 23.7 Å². The molecule has 142 valence electrons. The Balaban J connectivity index is 1.39. The Bertz CT molecular complexity index is 905. The van der Waals surface area contributed by atoms with Crippen LogP contribution in [0, 0.1) is 23.7 Å². The summed E-state index contributed by atoms with van der Waals surface area (Å²) < 4.78 is 11.9. The maximum Gasteiger partial charge on any atom is 0.338 e. The zero-order valence-corrected chi connectivity index (χ0v) is 15.4. The van der Waals surface area contributed by atoms with Gasteiger partial charge in [-0.1, -0.05) is 48.6 Å². The molecule has 0 amide bonds. The van der Waals surface area contributed by atoms with E-state index in [-0.39, 0.29) is 29.9 Å². The number of carbonyl (C=O) groups is 2. The molecule has 0 aliphatic heterocycles. The molecule has 2 saturated carbocycles. The zero-order valence-electron chi connectivity index (χ0n) is 15.4. The summed E-state index contributed by atoms with van der Waals surface area (Å²) in [6.45, 7) is 0. The first kappa shape index (κ1) is 17.2. The van der Waals surface area contributed by atoms with Crippen LogP contribution in [-0.4, -0.2) is 24.1 Å². The maximum absolute atomic E-state index is 12.7. The lowest BCUT2D eigenvalue weighted by atomic mass is 9.78. The highest BCUT2D eigenvalue weighted by atomic mass is 16.6. The van der Waals surface area contributed by atoms with Crippen LogP contribution in [0.1, 0.15) is 33.6 Å². The van der Waals surface area contributed by atoms with Crippen molar-refractivity contribution in [3.63, 3.8) is 0 Å². The van der Waals surface area contributed by atoms with Crippen LogP contribution in [0.3, 0.4) is 0 Å². The molecule has 0 spiro atoms. The van der Waals surface area contributed by atoms with Gasteiger partial charge < -0.3 is 9.47 Å². The minimum atomic E-state index is -0.394. The van der Waals surface area contributed by atoms with Crippen molar-refractivity contribution in [3.05, 3.63) is 83.9 Å². The molecular weight excluding hydrogens is 352 g/mol. The largest absolute Gasteiger partial charge is 0.455 e. The van der Waals surface area contributed by atoms with E-state index in [1.165, 1.54) is 0 Å². The third-order valence-electron chi connectivity index (χ3n) is 6.52. The Hall–Kier alpha value is -2.88. The summed E-state index contributed by atoms with van der Waals surface area (Å²) in [7, 11) is 0. The molecule has 3 aliphatic carbocycles. The van der Waals surface area contributed by atoms with Crippen molar-refractivity contribution in [2.45, 2.75) is 25.0 Å². The summed E-state index contributed by atoms with van der Waals surface area (Å²) in [5.41, 5.74) is 1.05. The molecule has 0 N–H and O–H groups in total. The van der Waals surface area contributed by atoms with Gasteiger partial charge in [0, 0.05) is 11.8 Å². The minimum absolute atomic E-state index is 0.218. The predicted molar refractivity (Wildman–Crippen MR) is 104 cm³/mol. The second-order valence-electron chi connectivity index (χ2n) is 7.94. The minimum Gasteiger partial charge on any atom is -0.455 e. The van der Waals surface area contributed by atoms with Crippen LogP contribution in [0.2, 0.25) is 0 Å². The van der Waals surface area contributed by atoms with Crippen LogP contribution >= 0.6 is 0 Å². The number of hydrogen-bond acceptors (Lipinski definition) is 4. The second-order valence-corrected chi connectivity index (χ2v) is 7.94. The van der Waals surface area contributed by atoms with Crippen LogP contribution in [0.15, 0.2) is 72.8 Å². The molecule has 6 unspecified atom stereocenters. The summed E-state index contributed by atoms with van der Waals surface area (Å²) >= 11 is 0. The first-order chi connectivity index (χ1) is 13.7. The summed E-state index contributed by atoms with van der Waals surface area (Å²) in [6.07, 6.45) is 5.66. The number of fused-ring (bicyclic) bond motifs is 5. The summed E-state index contributed by atoms with van der Waals surface area (Å²) in [5.74, 6) is 0.676. The molecule has 2 aromatic carbocycles. The lowest BCUT2D eigenvalue weighted by Gasteiger charge is -2.37. The van der Waals surface area contributed by atoms with Crippen LogP contribution in [0.25, 0.3) is 0 Å². The van der Waals surface area contributed by atoms with Crippen molar-refractivity contribution in [3.8, 4) is 0 Å². The molecule has 4 nitrogen and oxygen atoms in total. The van der Waals surface area contributed by atoms with Crippen molar-refractivity contribution in [1.29, 1.82) is 0 Å². The molecule has 28 heavy (non-hydrogen) atoms. The van der Waals surface area contributed by atoms with E-state index in [0.29, 0.717) is 23.0 Å². The summed E-state index contributed by atoms with van der Waals surface area (Å²) in [4.78, 5) is 25.4. The van der Waals surface area contributed by atoms with Crippen LogP contribution < -0.4 is 0 Å². The molecule has 3 aliphatic rings. The molecule has 6 atom stereocenters. The van der Waals surface area contributed by atoms with Crippen molar-refractivity contribution < 1.29 is 19.1 Å². The number of allylic oxidation sites excluding steroid dienone is 2. The number of rotatable bonds is 4. The van der Waals surface area contributed by atoms with Gasteiger partial charge in [-0.05, 0) is 48.9 Å². The number of carbonyl (C=O) groups excluding carboxylic acids is 2. The first-order valence-corrected chi connectivity index (χ1v) is 9.91. The van der Waals surface area contributed by atoms with Gasteiger partial charge in [0.05, 0.1) is 11.1 Å². The van der Waals surface area contributed by atoms with E-state index in [0.717, 1.165) is 12.8 Å². The predicted octanol–water partition coefficient (Wildman–Crippen LogP) is 4.28. The van der Waals surface area contributed by atoms with E-state index in [1.807, 2.05) is 36.4 Å². The van der Waals surface area contributed by atoms with E-state index in [2.05, 4.69) is 12.2 Å². The highest BCUT2D eigenvalue weighted by molar-refractivity contribution is 5.90. The van der Waals surface area contributed by atoms with E-state index in [1.54, 1.807) is 24.3 Å². The van der Waals surface area contributed by atoms with E-state index in [9.17, 15) is 9.59 Å². The molecule has 0 heterocycles. The molecule has 0 aromatic heterocycles. The Kier molecular flexibility index (Phi) is 4.27. The average Bonchev–Trinajstić information content (AvgIpc) is 3.43. The molecule has 2 aromatic rings. The number of esters is 2. The molecule has 4 heteroatoms. The monoisotopic (exact) mass is 374 g/mol. The topological polar surface area (TPSA) is 52.6 Å². The normalized spacial score (nSPS) is 32.1. The lowest BCUT2D eigenvalue weighted by molar-refractivity contribution is -0.0735. The quantitative estimate of drug-likeness (QED) is 0.592. The Morgan fingerprint density at radius 2 is 1.25 bits per heavy atom. The Morgan fingerprint density at radius 1 is 0.714 bits per heavy atom. The lowest BCUT2D eigenvalue weighted by Crippen LogP contribution is -2.45. The third-order valence-corrected chi connectivity index (χ3v) is 6.52. The molecule has 2 bridgehead atoms. The smallest absolute Gasteiger partial charge is 0.338 e. The van der Waals surface area contributed by atoms with Gasteiger partial charge in [-0.15, -0.1) is 0 Å². The van der Waals surface area contributed by atoms with Crippen molar-refractivity contribution >= 4 is 11.9 Å². The van der Waals surface area contributed by atoms with Gasteiger partial charge in [-0.3, -0.25) is 0 Å². The van der Waals surface area contributed by atoms with Crippen LogP contribution in [-0.2, 0) is 9.47 Å². The Labute approximate surface area is 164 Å². The van der Waals surface area contributed by atoms with Gasteiger partial charge in [0.2, 0.25) is 0 Å². The fourth-order valence-electron chi connectivity index (χ4n) is 5.32. The zero-order chi connectivity index (χ0) is 19.1. The highest BCUT2D eigenvalue weighted by Gasteiger charge is 2.61. The second kappa shape index (κ2) is 6.93. The van der Waals surface area contributed by atoms with Gasteiger partial charge in [0.25, 0.3) is 0 Å². The van der Waals surface area contributed by atoms with E-state index >= 15 is 0 Å². The molecule has 0 radical (unpaired) electrons. The summed E-state index contributed by atoms with van der Waals surface area (Å²) in [6, 6.07) is 18.0. The maximum atomic E-state index is 12.7. The molecular formula is C24H22O4. The van der Waals surface area contributed by atoms with Crippen LogP contribution in [0.4, 0.5) is 0 Å². The van der Waals surface area contributed by atoms with Gasteiger partial charge in [-0.2, -0.15) is 0 Å². The molecule has 5 rings (SSSR count). The van der Waals surface area contributed by atoms with Gasteiger partial charge in [0.15, 0.2) is 0 Å². The number of hydrogen-bond donors (Lipinski definition) is 0. The van der Waals surface area contributed by atoms with Crippen molar-refractivity contribution in [1.82, 2.24) is 0 Å². The van der Waals surface area contributed by atoms with Crippen molar-refractivity contribution in [2.75, 3.05) is 0 Å². The average molecular weight is 374 g/mol. The van der Waals surface area contributed by atoms with Gasteiger partial charge in [0.1, 0.15) is 12.2 Å². The molecule has 0 saturated heterocycles. The fraction of sp³-hybridized carbons (Fsp3) is 0.333. The van der Waals surface area contributed by atoms with Gasteiger partial charge in [-0.25, -0.2) is 9.59 Å². The highest BCUT2D eigenvalue weighted by Crippen LogP contribution is 2.58. The van der Waals surface area contributed by atoms with E-state index in [4.69, 9.17) is 9.47 Å². The first-order valence-electron chi connectivity index (χ1n) is 9.91. The standard InChI is InChI=1S/C24H22O4/c25-23(15-8-3-1-4-9-15)27-21-19-14-20(18-13-7-12-17(18)19)22(21)28-24(26)16-10-5-2-6-11-16/h1-12,17-22H,13-14H2. The fourth-order valence-corrected chi connectivity index (χ4v) is 5.32. The molecule has 2 fully saturated rings.